The lowest BCUT2D eigenvalue weighted by molar-refractivity contribution is 0.311. The van der Waals surface area contributed by atoms with Crippen molar-refractivity contribution in [3.8, 4) is 11.5 Å². The lowest BCUT2D eigenvalue weighted by atomic mass is 10.3. The number of hydrogen-bond acceptors (Lipinski definition) is 6. The molecular weight excluding hydrogens is 368 g/mol. The number of benzene rings is 2. The van der Waals surface area contributed by atoms with Crippen molar-refractivity contribution < 1.29 is 26.3 Å². The maximum absolute atomic E-state index is 12.4. The summed E-state index contributed by atoms with van der Waals surface area (Å²) in [5, 5.41) is 4.99. The Balaban J connectivity index is 2.29. The van der Waals surface area contributed by atoms with E-state index in [-0.39, 0.29) is 15.5 Å². The number of sulfonamides is 2. The Labute approximate surface area is 146 Å². The van der Waals surface area contributed by atoms with Gasteiger partial charge >= 0.3 is 0 Å². The van der Waals surface area contributed by atoms with E-state index in [1.54, 1.807) is 6.07 Å². The number of methoxy groups -OCH3 is 1. The summed E-state index contributed by atoms with van der Waals surface area (Å²) < 4.78 is 60.2. The Bertz CT molecular complexity index is 954. The van der Waals surface area contributed by atoms with Crippen LogP contribution in [0.1, 0.15) is 6.92 Å². The Morgan fingerprint density at radius 3 is 2.08 bits per heavy atom. The first-order chi connectivity index (χ1) is 11.7. The monoisotopic (exact) mass is 386 g/mol. The van der Waals surface area contributed by atoms with Crippen LogP contribution in [-0.2, 0) is 20.0 Å². The third-order valence-corrected chi connectivity index (χ3v) is 5.50. The van der Waals surface area contributed by atoms with E-state index in [1.807, 2.05) is 6.92 Å². The van der Waals surface area contributed by atoms with Crippen molar-refractivity contribution in [2.24, 2.45) is 5.14 Å². The van der Waals surface area contributed by atoms with Gasteiger partial charge < -0.3 is 9.47 Å². The molecule has 0 atom stereocenters. The van der Waals surface area contributed by atoms with Crippen molar-refractivity contribution in [2.75, 3.05) is 18.4 Å². The molecule has 0 saturated heterocycles. The van der Waals surface area contributed by atoms with Gasteiger partial charge in [-0.2, -0.15) is 0 Å². The van der Waals surface area contributed by atoms with Crippen molar-refractivity contribution >= 4 is 25.7 Å². The molecule has 3 N–H and O–H groups in total. The van der Waals surface area contributed by atoms with Crippen LogP contribution in [0.5, 0.6) is 11.5 Å². The number of hydrogen-bond donors (Lipinski definition) is 2. The molecule has 0 unspecified atom stereocenters. The molecule has 0 aliphatic rings. The van der Waals surface area contributed by atoms with E-state index in [0.717, 1.165) is 24.3 Å². The zero-order valence-electron chi connectivity index (χ0n) is 13.6. The maximum Gasteiger partial charge on any atom is 0.261 e. The Morgan fingerprint density at radius 2 is 1.56 bits per heavy atom. The van der Waals surface area contributed by atoms with Gasteiger partial charge in [0.2, 0.25) is 10.0 Å². The molecule has 10 heteroatoms. The van der Waals surface area contributed by atoms with Gasteiger partial charge in [-0.05, 0) is 43.3 Å². The summed E-state index contributed by atoms with van der Waals surface area (Å²) >= 11 is 0. The van der Waals surface area contributed by atoms with Gasteiger partial charge in [-0.1, -0.05) is 0 Å². The lowest BCUT2D eigenvalue weighted by Crippen LogP contribution is -2.15. The van der Waals surface area contributed by atoms with Crippen LogP contribution in [0, 0.1) is 0 Å². The van der Waals surface area contributed by atoms with Crippen LogP contribution in [0.4, 0.5) is 5.69 Å². The first kappa shape index (κ1) is 19.0. The first-order valence-corrected chi connectivity index (χ1v) is 10.2. The summed E-state index contributed by atoms with van der Waals surface area (Å²) in [6, 6.07) is 9.18. The quantitative estimate of drug-likeness (QED) is 0.744. The number of ether oxygens (including phenoxy) is 2. The van der Waals surface area contributed by atoms with Gasteiger partial charge in [0.15, 0.2) is 11.5 Å². The Kier molecular flexibility index (Phi) is 5.55. The predicted molar refractivity (Wildman–Crippen MR) is 92.8 cm³/mol. The largest absolute Gasteiger partial charge is 0.493 e. The molecule has 0 aliphatic heterocycles. The molecular formula is C15H18N2O6S2. The second-order valence-electron chi connectivity index (χ2n) is 4.92. The Morgan fingerprint density at radius 1 is 0.960 bits per heavy atom. The average Bonchev–Trinajstić information content (AvgIpc) is 2.55. The summed E-state index contributed by atoms with van der Waals surface area (Å²) in [6.45, 7) is 2.26. The molecule has 0 radical (unpaired) electrons. The summed E-state index contributed by atoms with van der Waals surface area (Å²) in [7, 11) is -6.35. The molecule has 0 aliphatic carbocycles. The highest BCUT2D eigenvalue weighted by Gasteiger charge is 2.17. The summed E-state index contributed by atoms with van der Waals surface area (Å²) in [4.78, 5) is -0.276. The van der Waals surface area contributed by atoms with Crippen LogP contribution >= 0.6 is 0 Å². The zero-order valence-corrected chi connectivity index (χ0v) is 15.2. The molecule has 0 bridgehead atoms. The molecule has 0 fully saturated rings. The predicted octanol–water partition coefficient (Wildman–Crippen LogP) is 1.54. The van der Waals surface area contributed by atoms with Crippen molar-refractivity contribution in [2.45, 2.75) is 16.7 Å². The number of nitrogens with two attached hydrogens (primary N) is 1. The maximum atomic E-state index is 12.4. The summed E-state index contributed by atoms with van der Waals surface area (Å²) in [5.41, 5.74) is 0.274. The minimum atomic E-state index is -3.91. The highest BCUT2D eigenvalue weighted by atomic mass is 32.2. The molecule has 2 aromatic carbocycles. The molecule has 0 saturated carbocycles. The van der Waals surface area contributed by atoms with Crippen LogP contribution < -0.4 is 19.3 Å². The Hall–Kier alpha value is -2.30. The van der Waals surface area contributed by atoms with Crippen molar-refractivity contribution in [1.29, 1.82) is 0 Å². The molecule has 0 amide bonds. The SMILES string of the molecule is CCOc1ccc(NS(=O)(=O)c2ccc(S(N)(=O)=O)cc2)cc1OC. The fourth-order valence-electron chi connectivity index (χ4n) is 2.03. The molecule has 0 aromatic heterocycles. The molecule has 0 heterocycles. The normalized spacial score (nSPS) is 11.8. The van der Waals surface area contributed by atoms with Crippen molar-refractivity contribution in [3.63, 3.8) is 0 Å². The minimum Gasteiger partial charge on any atom is -0.493 e. The summed E-state index contributed by atoms with van der Waals surface area (Å²) in [6.07, 6.45) is 0. The van der Waals surface area contributed by atoms with Crippen molar-refractivity contribution in [1.82, 2.24) is 0 Å². The van der Waals surface area contributed by atoms with E-state index in [4.69, 9.17) is 14.6 Å². The summed E-state index contributed by atoms with van der Waals surface area (Å²) in [5.74, 6) is 0.872. The lowest BCUT2D eigenvalue weighted by Gasteiger charge is -2.13. The number of primary sulfonamides is 1. The van der Waals surface area contributed by atoms with Crippen LogP contribution in [0.25, 0.3) is 0 Å². The topological polar surface area (TPSA) is 125 Å². The van der Waals surface area contributed by atoms with E-state index >= 15 is 0 Å². The molecule has 2 rings (SSSR count). The van der Waals surface area contributed by atoms with E-state index < -0.39 is 20.0 Å². The fourth-order valence-corrected chi connectivity index (χ4v) is 3.59. The second-order valence-corrected chi connectivity index (χ2v) is 8.16. The molecule has 25 heavy (non-hydrogen) atoms. The molecule has 2 aromatic rings. The average molecular weight is 386 g/mol. The van der Waals surface area contributed by atoms with Crippen LogP contribution in [0.2, 0.25) is 0 Å². The minimum absolute atomic E-state index is 0.104. The molecule has 8 nitrogen and oxygen atoms in total. The van der Waals surface area contributed by atoms with Crippen LogP contribution in [0.15, 0.2) is 52.3 Å². The van der Waals surface area contributed by atoms with Gasteiger partial charge in [-0.15, -0.1) is 0 Å². The molecule has 0 spiro atoms. The van der Waals surface area contributed by atoms with E-state index in [1.165, 1.54) is 19.2 Å². The van der Waals surface area contributed by atoms with Gasteiger partial charge in [0.1, 0.15) is 0 Å². The highest BCUT2D eigenvalue weighted by Crippen LogP contribution is 2.31. The third kappa shape index (κ3) is 4.62. The number of nitrogens with one attached hydrogen (secondary N) is 1. The standard InChI is InChI=1S/C15H18N2O6S2/c1-3-23-14-9-4-11(10-15(14)22-2)17-25(20,21)13-7-5-12(6-8-13)24(16,18)19/h4-10,17H,3H2,1-2H3,(H2,16,18,19). The van der Waals surface area contributed by atoms with E-state index in [9.17, 15) is 16.8 Å². The van der Waals surface area contributed by atoms with Gasteiger partial charge in [0.05, 0.1) is 29.2 Å². The van der Waals surface area contributed by atoms with Crippen molar-refractivity contribution in [3.05, 3.63) is 42.5 Å². The van der Waals surface area contributed by atoms with Gasteiger partial charge in [0.25, 0.3) is 10.0 Å². The van der Waals surface area contributed by atoms with E-state index in [2.05, 4.69) is 4.72 Å². The fraction of sp³-hybridized carbons (Fsp3) is 0.200. The second kappa shape index (κ2) is 7.30. The zero-order chi connectivity index (χ0) is 18.7. The van der Waals surface area contributed by atoms with Gasteiger partial charge in [0, 0.05) is 6.07 Å². The van der Waals surface area contributed by atoms with Gasteiger partial charge in [-0.25, -0.2) is 22.0 Å². The number of rotatable bonds is 7. The number of anilines is 1. The highest BCUT2D eigenvalue weighted by molar-refractivity contribution is 7.92. The smallest absolute Gasteiger partial charge is 0.261 e. The first-order valence-electron chi connectivity index (χ1n) is 7.14. The van der Waals surface area contributed by atoms with Gasteiger partial charge in [-0.3, -0.25) is 4.72 Å². The van der Waals surface area contributed by atoms with Crippen LogP contribution in [0.3, 0.4) is 0 Å². The molecule has 136 valence electrons. The third-order valence-electron chi connectivity index (χ3n) is 3.18. The van der Waals surface area contributed by atoms with E-state index in [0.29, 0.717) is 18.1 Å². The van der Waals surface area contributed by atoms with Crippen LogP contribution in [-0.4, -0.2) is 30.6 Å².